The lowest BCUT2D eigenvalue weighted by Crippen LogP contribution is -2.41. The van der Waals surface area contributed by atoms with Crippen molar-refractivity contribution in [2.75, 3.05) is 0 Å². The molecule has 0 unspecified atom stereocenters. The Hall–Kier alpha value is -2.62. The van der Waals surface area contributed by atoms with E-state index >= 15 is 0 Å². The largest absolute Gasteiger partial charge is 0.347 e. The van der Waals surface area contributed by atoms with Crippen LogP contribution in [0.4, 0.5) is 5.69 Å². The molecule has 1 aromatic heterocycles. The molecular weight excluding hydrogens is 360 g/mol. The SMILES string of the molecule is Cn1c(=O)c(Br)nn(CC(=O)c2ccccc2[N+](=O)[O-])c1=O. The van der Waals surface area contributed by atoms with Crippen molar-refractivity contribution in [2.45, 2.75) is 6.54 Å². The zero-order valence-corrected chi connectivity index (χ0v) is 12.8. The van der Waals surface area contributed by atoms with Crippen molar-refractivity contribution in [3.8, 4) is 0 Å². The van der Waals surface area contributed by atoms with E-state index < -0.39 is 28.5 Å². The smallest absolute Gasteiger partial charge is 0.292 e. The molecular formula is C12H9BrN4O5. The van der Waals surface area contributed by atoms with Gasteiger partial charge in [0.25, 0.3) is 11.2 Å². The highest BCUT2D eigenvalue weighted by molar-refractivity contribution is 9.10. The van der Waals surface area contributed by atoms with Gasteiger partial charge < -0.3 is 0 Å². The van der Waals surface area contributed by atoms with Crippen molar-refractivity contribution in [1.82, 2.24) is 14.3 Å². The zero-order valence-electron chi connectivity index (χ0n) is 11.2. The third kappa shape index (κ3) is 2.86. The standard InChI is InChI=1S/C12H9BrN4O5/c1-15-11(19)10(13)14-16(12(15)20)6-9(18)7-4-2-3-5-8(7)17(21)22/h2-5H,6H2,1H3. The summed E-state index contributed by atoms with van der Waals surface area (Å²) in [6.45, 7) is -0.517. The van der Waals surface area contributed by atoms with Crippen LogP contribution in [0.3, 0.4) is 0 Å². The van der Waals surface area contributed by atoms with Crippen LogP contribution >= 0.6 is 15.9 Å². The number of rotatable bonds is 4. The van der Waals surface area contributed by atoms with Gasteiger partial charge in [-0.05, 0) is 22.0 Å². The Kier molecular flexibility index (Phi) is 4.31. The molecule has 0 aliphatic carbocycles. The van der Waals surface area contributed by atoms with E-state index in [0.717, 1.165) is 9.25 Å². The number of carbonyl (C=O) groups excluding carboxylic acids is 1. The lowest BCUT2D eigenvalue weighted by atomic mass is 10.1. The average molecular weight is 369 g/mol. The quantitative estimate of drug-likeness (QED) is 0.440. The maximum absolute atomic E-state index is 12.2. The zero-order chi connectivity index (χ0) is 16.4. The van der Waals surface area contributed by atoms with E-state index in [-0.39, 0.29) is 15.9 Å². The Morgan fingerprint density at radius 1 is 1.36 bits per heavy atom. The van der Waals surface area contributed by atoms with Crippen molar-refractivity contribution in [3.05, 3.63) is 65.4 Å². The lowest BCUT2D eigenvalue weighted by molar-refractivity contribution is -0.385. The monoisotopic (exact) mass is 368 g/mol. The molecule has 0 amide bonds. The Balaban J connectivity index is 2.45. The number of para-hydroxylation sites is 1. The van der Waals surface area contributed by atoms with Gasteiger partial charge in [-0.1, -0.05) is 12.1 Å². The van der Waals surface area contributed by atoms with Gasteiger partial charge >= 0.3 is 5.69 Å². The van der Waals surface area contributed by atoms with Crippen LogP contribution in [0.15, 0.2) is 38.5 Å². The second-order valence-corrected chi connectivity index (χ2v) is 5.04. The number of carbonyl (C=O) groups is 1. The van der Waals surface area contributed by atoms with E-state index in [4.69, 9.17) is 0 Å². The fraction of sp³-hybridized carbons (Fsp3) is 0.167. The minimum Gasteiger partial charge on any atom is -0.292 e. The summed E-state index contributed by atoms with van der Waals surface area (Å²) in [5.74, 6) is -0.660. The first-order valence-electron chi connectivity index (χ1n) is 5.93. The van der Waals surface area contributed by atoms with E-state index in [1.165, 1.54) is 31.3 Å². The van der Waals surface area contributed by atoms with E-state index in [0.29, 0.717) is 0 Å². The number of halogens is 1. The van der Waals surface area contributed by atoms with Gasteiger partial charge in [0.05, 0.1) is 10.5 Å². The minimum atomic E-state index is -0.792. The van der Waals surface area contributed by atoms with Gasteiger partial charge in [0.15, 0.2) is 10.4 Å². The van der Waals surface area contributed by atoms with Crippen LogP contribution in [0.2, 0.25) is 0 Å². The molecule has 0 saturated heterocycles. The number of ketones is 1. The molecule has 2 aromatic rings. The second-order valence-electron chi connectivity index (χ2n) is 4.29. The number of hydrogen-bond donors (Lipinski definition) is 0. The first kappa shape index (κ1) is 15.8. The summed E-state index contributed by atoms with van der Waals surface area (Å²) in [5, 5.41) is 14.6. The summed E-state index contributed by atoms with van der Waals surface area (Å²) in [6, 6.07) is 5.40. The van der Waals surface area contributed by atoms with Gasteiger partial charge in [-0.3, -0.25) is 24.3 Å². The molecule has 114 valence electrons. The van der Waals surface area contributed by atoms with Crippen molar-refractivity contribution in [3.63, 3.8) is 0 Å². The average Bonchev–Trinajstić information content (AvgIpc) is 2.50. The highest BCUT2D eigenvalue weighted by Crippen LogP contribution is 2.18. The number of Topliss-reactive ketones (excluding diaryl/α,β-unsaturated/α-hetero) is 1. The molecule has 1 heterocycles. The number of nitro benzene ring substituents is 1. The lowest BCUT2D eigenvalue weighted by Gasteiger charge is -2.06. The molecule has 1 aromatic carbocycles. The van der Waals surface area contributed by atoms with E-state index in [1.807, 2.05) is 0 Å². The topological polar surface area (TPSA) is 117 Å². The maximum Gasteiger partial charge on any atom is 0.347 e. The fourth-order valence-electron chi connectivity index (χ4n) is 1.78. The second kappa shape index (κ2) is 6.02. The van der Waals surface area contributed by atoms with Gasteiger partial charge in [0.2, 0.25) is 0 Å². The highest BCUT2D eigenvalue weighted by atomic mass is 79.9. The summed E-state index contributed by atoms with van der Waals surface area (Å²) in [5.41, 5.74) is -1.92. The van der Waals surface area contributed by atoms with Crippen LogP contribution in [0, 0.1) is 10.1 Å². The number of benzene rings is 1. The molecule has 10 heteroatoms. The van der Waals surface area contributed by atoms with Crippen molar-refractivity contribution < 1.29 is 9.72 Å². The molecule has 0 atom stereocenters. The molecule has 0 bridgehead atoms. The predicted octanol–water partition coefficient (Wildman–Crippen LogP) is 0.496. The first-order chi connectivity index (χ1) is 10.3. The van der Waals surface area contributed by atoms with Crippen LogP contribution in [-0.2, 0) is 13.6 Å². The van der Waals surface area contributed by atoms with Gasteiger partial charge in [0, 0.05) is 13.1 Å². The van der Waals surface area contributed by atoms with Crippen LogP contribution in [0.1, 0.15) is 10.4 Å². The minimum absolute atomic E-state index is 0.133. The fourth-order valence-corrected chi connectivity index (χ4v) is 2.24. The van der Waals surface area contributed by atoms with E-state index in [9.17, 15) is 24.5 Å². The third-order valence-electron chi connectivity index (χ3n) is 2.89. The van der Waals surface area contributed by atoms with Crippen LogP contribution < -0.4 is 11.2 Å². The summed E-state index contributed by atoms with van der Waals surface area (Å²) in [6.07, 6.45) is 0. The van der Waals surface area contributed by atoms with Crippen LogP contribution in [0.5, 0.6) is 0 Å². The molecule has 0 N–H and O–H groups in total. The Morgan fingerprint density at radius 2 is 2.00 bits per heavy atom. The maximum atomic E-state index is 12.2. The summed E-state index contributed by atoms with van der Waals surface area (Å²) in [4.78, 5) is 45.8. The number of nitro groups is 1. The van der Waals surface area contributed by atoms with Gasteiger partial charge in [0.1, 0.15) is 6.54 Å². The number of hydrogen-bond acceptors (Lipinski definition) is 6. The molecule has 0 aliphatic rings. The van der Waals surface area contributed by atoms with Crippen LogP contribution in [-0.4, -0.2) is 25.1 Å². The van der Waals surface area contributed by atoms with E-state index in [1.54, 1.807) is 0 Å². The summed E-state index contributed by atoms with van der Waals surface area (Å²) < 4.78 is 1.42. The normalized spacial score (nSPS) is 10.5. The molecule has 2 rings (SSSR count). The van der Waals surface area contributed by atoms with Gasteiger partial charge in [-0.25, -0.2) is 9.48 Å². The Bertz CT molecular complexity index is 886. The number of nitrogens with zero attached hydrogens (tertiary/aromatic N) is 4. The molecule has 0 radical (unpaired) electrons. The molecule has 9 nitrogen and oxygen atoms in total. The molecule has 0 spiro atoms. The Morgan fingerprint density at radius 3 is 2.64 bits per heavy atom. The number of aromatic nitrogens is 3. The third-order valence-corrected chi connectivity index (χ3v) is 3.39. The van der Waals surface area contributed by atoms with Crippen molar-refractivity contribution in [2.24, 2.45) is 7.05 Å². The summed E-state index contributed by atoms with van der Waals surface area (Å²) in [7, 11) is 1.24. The van der Waals surface area contributed by atoms with Crippen molar-refractivity contribution >= 4 is 27.4 Å². The summed E-state index contributed by atoms with van der Waals surface area (Å²) >= 11 is 2.89. The van der Waals surface area contributed by atoms with Gasteiger partial charge in [-0.2, -0.15) is 5.10 Å². The highest BCUT2D eigenvalue weighted by Gasteiger charge is 2.21. The molecule has 22 heavy (non-hydrogen) atoms. The molecule has 0 fully saturated rings. The van der Waals surface area contributed by atoms with E-state index in [2.05, 4.69) is 21.0 Å². The van der Waals surface area contributed by atoms with Crippen LogP contribution in [0.25, 0.3) is 0 Å². The first-order valence-corrected chi connectivity index (χ1v) is 6.72. The van der Waals surface area contributed by atoms with Crippen molar-refractivity contribution in [1.29, 1.82) is 0 Å². The Labute approximate surface area is 131 Å². The molecule has 0 aliphatic heterocycles. The predicted molar refractivity (Wildman–Crippen MR) is 78.9 cm³/mol. The van der Waals surface area contributed by atoms with Gasteiger partial charge in [-0.15, -0.1) is 0 Å². The molecule has 0 saturated carbocycles.